The molecular weight excluding hydrogens is 238 g/mol. The maximum Gasteiger partial charge on any atom is 0.320 e. The van der Waals surface area contributed by atoms with Crippen molar-refractivity contribution in [2.45, 2.75) is 6.03 Å². The molecule has 0 saturated carbocycles. The number of anilines is 1. The molecule has 0 amide bonds. The van der Waals surface area contributed by atoms with Gasteiger partial charge in [0.05, 0.1) is 6.61 Å². The maximum absolute atomic E-state index is 10.3. The molecule has 2 aromatic rings. The van der Waals surface area contributed by atoms with Gasteiger partial charge in [-0.15, -0.1) is 0 Å². The Morgan fingerprint density at radius 3 is 2.94 bits per heavy atom. The van der Waals surface area contributed by atoms with Crippen molar-refractivity contribution in [3.8, 4) is 0 Å². The average molecular weight is 253 g/mol. The van der Waals surface area contributed by atoms with Gasteiger partial charge in [0, 0.05) is 6.54 Å². The monoisotopic (exact) mass is 253 g/mol. The fourth-order valence-corrected chi connectivity index (χ4v) is 1.54. The SMILES string of the molecule is CNC(O)(OCCN)n1cnc2c(N)ncnc21. The smallest absolute Gasteiger partial charge is 0.320 e. The van der Waals surface area contributed by atoms with Crippen LogP contribution in [-0.2, 0) is 10.8 Å². The van der Waals surface area contributed by atoms with E-state index in [0.29, 0.717) is 11.2 Å². The number of fused-ring (bicyclic) bond motifs is 1. The number of ether oxygens (including phenoxy) is 1. The molecule has 1 unspecified atom stereocenters. The fourth-order valence-electron chi connectivity index (χ4n) is 1.54. The van der Waals surface area contributed by atoms with E-state index in [0.717, 1.165) is 0 Å². The van der Waals surface area contributed by atoms with Crippen LogP contribution < -0.4 is 16.8 Å². The summed E-state index contributed by atoms with van der Waals surface area (Å²) in [5, 5.41) is 13.0. The van der Waals surface area contributed by atoms with E-state index in [4.69, 9.17) is 16.2 Å². The summed E-state index contributed by atoms with van der Waals surface area (Å²) < 4.78 is 6.58. The minimum Gasteiger partial charge on any atom is -0.382 e. The molecular formula is C9H15N7O2. The van der Waals surface area contributed by atoms with Gasteiger partial charge in [-0.2, -0.15) is 0 Å². The molecule has 6 N–H and O–H groups in total. The Balaban J connectivity index is 2.48. The number of nitrogens with one attached hydrogen (secondary N) is 1. The first-order chi connectivity index (χ1) is 8.62. The molecule has 0 aromatic carbocycles. The number of nitrogens with two attached hydrogens (primary N) is 2. The number of rotatable bonds is 5. The van der Waals surface area contributed by atoms with E-state index >= 15 is 0 Å². The molecule has 0 aliphatic rings. The normalized spacial score (nSPS) is 14.8. The number of nitrogens with zero attached hydrogens (tertiary/aromatic N) is 4. The van der Waals surface area contributed by atoms with E-state index in [2.05, 4.69) is 20.3 Å². The zero-order valence-electron chi connectivity index (χ0n) is 9.87. The molecule has 2 rings (SSSR count). The Morgan fingerprint density at radius 2 is 2.28 bits per heavy atom. The number of hydrogen-bond donors (Lipinski definition) is 4. The van der Waals surface area contributed by atoms with E-state index in [-0.39, 0.29) is 19.0 Å². The van der Waals surface area contributed by atoms with Crippen LogP contribution in [0, 0.1) is 0 Å². The van der Waals surface area contributed by atoms with Crippen molar-refractivity contribution < 1.29 is 9.84 Å². The van der Waals surface area contributed by atoms with E-state index < -0.39 is 6.03 Å². The van der Waals surface area contributed by atoms with Gasteiger partial charge in [-0.05, 0) is 7.05 Å². The number of nitrogen functional groups attached to an aromatic ring is 1. The van der Waals surface area contributed by atoms with Gasteiger partial charge in [-0.3, -0.25) is 0 Å². The third-order valence-electron chi connectivity index (χ3n) is 2.44. The molecule has 1 atom stereocenters. The number of imidazole rings is 1. The van der Waals surface area contributed by atoms with Crippen LogP contribution in [0.2, 0.25) is 0 Å². The van der Waals surface area contributed by atoms with Crippen LogP contribution in [0.25, 0.3) is 11.2 Å². The van der Waals surface area contributed by atoms with Gasteiger partial charge < -0.3 is 21.3 Å². The van der Waals surface area contributed by atoms with Crippen LogP contribution in [0.5, 0.6) is 0 Å². The van der Waals surface area contributed by atoms with Crippen LogP contribution in [0.4, 0.5) is 5.82 Å². The zero-order chi connectivity index (χ0) is 13.2. The first-order valence-corrected chi connectivity index (χ1v) is 5.31. The largest absolute Gasteiger partial charge is 0.382 e. The first kappa shape index (κ1) is 12.6. The van der Waals surface area contributed by atoms with Crippen molar-refractivity contribution in [1.29, 1.82) is 0 Å². The third kappa shape index (κ3) is 1.99. The molecule has 0 aliphatic carbocycles. The summed E-state index contributed by atoms with van der Waals surface area (Å²) in [6.45, 7) is 0.436. The van der Waals surface area contributed by atoms with E-state index in [1.54, 1.807) is 0 Å². The summed E-state index contributed by atoms with van der Waals surface area (Å²) in [6.07, 6.45) is 2.65. The molecule has 2 heterocycles. The van der Waals surface area contributed by atoms with Gasteiger partial charge in [0.2, 0.25) is 0 Å². The topological polar surface area (TPSA) is 137 Å². The van der Waals surface area contributed by atoms with Gasteiger partial charge in [0.25, 0.3) is 0 Å². The van der Waals surface area contributed by atoms with Crippen molar-refractivity contribution in [3.63, 3.8) is 0 Å². The number of aromatic nitrogens is 4. The lowest BCUT2D eigenvalue weighted by molar-refractivity contribution is -0.279. The molecule has 0 bridgehead atoms. The van der Waals surface area contributed by atoms with E-state index in [1.165, 1.54) is 24.3 Å². The van der Waals surface area contributed by atoms with Crippen molar-refractivity contribution in [1.82, 2.24) is 24.8 Å². The Kier molecular flexibility index (Phi) is 3.39. The second-order valence-electron chi connectivity index (χ2n) is 3.54. The van der Waals surface area contributed by atoms with Crippen molar-refractivity contribution >= 4 is 17.0 Å². The van der Waals surface area contributed by atoms with Crippen LogP contribution >= 0.6 is 0 Å². The Bertz CT molecular complexity index is 543. The zero-order valence-corrected chi connectivity index (χ0v) is 9.87. The molecule has 9 nitrogen and oxygen atoms in total. The lowest BCUT2D eigenvalue weighted by Gasteiger charge is -2.28. The van der Waals surface area contributed by atoms with Crippen molar-refractivity contribution in [3.05, 3.63) is 12.7 Å². The summed E-state index contributed by atoms with van der Waals surface area (Å²) in [6, 6.07) is -1.78. The highest BCUT2D eigenvalue weighted by Gasteiger charge is 2.30. The van der Waals surface area contributed by atoms with Gasteiger partial charge in [0.1, 0.15) is 18.2 Å². The summed E-state index contributed by atoms with van der Waals surface area (Å²) >= 11 is 0. The first-order valence-electron chi connectivity index (χ1n) is 5.31. The predicted octanol–water partition coefficient (Wildman–Crippen LogP) is -1.84. The number of aliphatic hydroxyl groups is 1. The summed E-state index contributed by atoms with van der Waals surface area (Å²) in [5.74, 6) is 0.232. The summed E-state index contributed by atoms with van der Waals surface area (Å²) in [5.41, 5.74) is 11.8. The van der Waals surface area contributed by atoms with Crippen molar-refractivity contribution in [2.24, 2.45) is 5.73 Å². The summed E-state index contributed by atoms with van der Waals surface area (Å²) in [7, 11) is 1.53. The molecule has 18 heavy (non-hydrogen) atoms. The Labute approximate surface area is 103 Å². The molecule has 2 aromatic heterocycles. The Morgan fingerprint density at radius 1 is 1.50 bits per heavy atom. The lowest BCUT2D eigenvalue weighted by Crippen LogP contribution is -2.48. The van der Waals surface area contributed by atoms with Gasteiger partial charge in [-0.25, -0.2) is 24.8 Å². The minimum absolute atomic E-state index is 0.164. The fraction of sp³-hybridized carbons (Fsp3) is 0.444. The molecule has 9 heteroatoms. The van der Waals surface area contributed by atoms with Crippen LogP contribution in [0.15, 0.2) is 12.7 Å². The molecule has 0 fully saturated rings. The average Bonchev–Trinajstić information content (AvgIpc) is 2.82. The predicted molar refractivity (Wildman–Crippen MR) is 64.0 cm³/mol. The Hall–Kier alpha value is -1.81. The van der Waals surface area contributed by atoms with Crippen LogP contribution in [-0.4, -0.2) is 44.8 Å². The minimum atomic E-state index is -1.78. The molecule has 0 radical (unpaired) electrons. The number of hydrogen-bond acceptors (Lipinski definition) is 8. The highest BCUT2D eigenvalue weighted by molar-refractivity contribution is 5.81. The highest BCUT2D eigenvalue weighted by atomic mass is 16.7. The van der Waals surface area contributed by atoms with E-state index in [1.807, 2.05) is 0 Å². The maximum atomic E-state index is 10.3. The summed E-state index contributed by atoms with van der Waals surface area (Å²) in [4.78, 5) is 11.9. The van der Waals surface area contributed by atoms with E-state index in [9.17, 15) is 5.11 Å². The second kappa shape index (κ2) is 4.82. The highest BCUT2D eigenvalue weighted by Crippen LogP contribution is 2.20. The molecule has 0 spiro atoms. The quantitative estimate of drug-likeness (QED) is 0.456. The van der Waals surface area contributed by atoms with Gasteiger partial charge in [0.15, 0.2) is 11.5 Å². The lowest BCUT2D eigenvalue weighted by atomic mass is 10.5. The standard InChI is InChI=1S/C9H15N7O2/c1-12-9(17,18-3-2-10)16-5-15-6-7(11)13-4-14-8(6)16/h4-5,12,17H,2-3,10H2,1H3,(H2,11,13,14). The molecule has 0 aliphatic heterocycles. The second-order valence-corrected chi connectivity index (χ2v) is 3.54. The van der Waals surface area contributed by atoms with Gasteiger partial charge >= 0.3 is 6.03 Å². The third-order valence-corrected chi connectivity index (χ3v) is 2.44. The molecule has 98 valence electrons. The van der Waals surface area contributed by atoms with Crippen molar-refractivity contribution in [2.75, 3.05) is 25.9 Å². The van der Waals surface area contributed by atoms with Crippen LogP contribution in [0.1, 0.15) is 0 Å². The van der Waals surface area contributed by atoms with Gasteiger partial charge in [-0.1, -0.05) is 0 Å². The van der Waals surface area contributed by atoms with Crippen LogP contribution in [0.3, 0.4) is 0 Å². The molecule has 0 saturated heterocycles.